The highest BCUT2D eigenvalue weighted by atomic mass is 35.5. The lowest BCUT2D eigenvalue weighted by atomic mass is 9.95. The summed E-state index contributed by atoms with van der Waals surface area (Å²) in [6.07, 6.45) is 4.00. The molecule has 8 heteroatoms. The highest BCUT2D eigenvalue weighted by Crippen LogP contribution is 2.22. The second-order valence-corrected chi connectivity index (χ2v) is 7.77. The van der Waals surface area contributed by atoms with Crippen molar-refractivity contribution in [3.63, 3.8) is 0 Å². The Balaban J connectivity index is 1.29. The third-order valence-corrected chi connectivity index (χ3v) is 5.39. The summed E-state index contributed by atoms with van der Waals surface area (Å²) in [7, 11) is 0. The lowest BCUT2D eigenvalue weighted by Gasteiger charge is -2.32. The van der Waals surface area contributed by atoms with Crippen molar-refractivity contribution < 1.29 is 4.79 Å². The predicted octanol–water partition coefficient (Wildman–Crippen LogP) is 2.74. The second-order valence-electron chi connectivity index (χ2n) is 7.33. The Hall–Kier alpha value is -2.67. The maximum atomic E-state index is 12.7. The fourth-order valence-corrected chi connectivity index (χ4v) is 3.90. The highest BCUT2D eigenvalue weighted by molar-refractivity contribution is 6.30. The van der Waals surface area contributed by atoms with Gasteiger partial charge in [0.2, 0.25) is 5.91 Å². The Labute approximate surface area is 168 Å². The minimum absolute atomic E-state index is 0.0386. The molecule has 1 atom stereocenters. The van der Waals surface area contributed by atoms with Crippen LogP contribution in [0.5, 0.6) is 0 Å². The quantitative estimate of drug-likeness (QED) is 0.715. The molecule has 4 rings (SSSR count). The number of nitrogens with zero attached hydrogens (tertiary/aromatic N) is 5. The fourth-order valence-electron chi connectivity index (χ4n) is 3.69. The number of anilines is 1. The molecule has 146 valence electrons. The largest absolute Gasteiger partial charge is 0.355 e. The Bertz CT molecular complexity index is 966. The molecule has 1 amide bonds. The summed E-state index contributed by atoms with van der Waals surface area (Å²) in [5, 5.41) is 16.2. The van der Waals surface area contributed by atoms with Gasteiger partial charge in [-0.3, -0.25) is 4.79 Å². The second kappa shape index (κ2) is 8.14. The standard InChI is InChI=1S/C20H23ClN6O/c1-14(11-15-3-2-4-17(21)12-15)23-20(28)16-7-9-26(10-8-16)19-6-5-18-24-22-13-27(18)25-19/h2-6,12-14,16H,7-11H2,1H3,(H,23,28)/t14-/m1/s1. The van der Waals surface area contributed by atoms with E-state index < -0.39 is 0 Å². The molecule has 0 bridgehead atoms. The number of fused-ring (bicyclic) bond motifs is 1. The van der Waals surface area contributed by atoms with Gasteiger partial charge in [0.1, 0.15) is 12.1 Å². The van der Waals surface area contributed by atoms with Gasteiger partial charge in [-0.05, 0) is 56.0 Å². The zero-order chi connectivity index (χ0) is 19.5. The minimum atomic E-state index is 0.0386. The fraction of sp³-hybridized carbons (Fsp3) is 0.400. The zero-order valence-corrected chi connectivity index (χ0v) is 16.5. The number of hydrogen-bond donors (Lipinski definition) is 1. The van der Waals surface area contributed by atoms with Gasteiger partial charge in [-0.15, -0.1) is 15.3 Å². The summed E-state index contributed by atoms with van der Waals surface area (Å²) in [6.45, 7) is 3.65. The van der Waals surface area contributed by atoms with E-state index in [-0.39, 0.29) is 17.9 Å². The number of carbonyl (C=O) groups is 1. The molecule has 1 fully saturated rings. The smallest absolute Gasteiger partial charge is 0.223 e. The first-order valence-corrected chi connectivity index (χ1v) is 9.93. The van der Waals surface area contributed by atoms with Gasteiger partial charge in [0.15, 0.2) is 5.65 Å². The third-order valence-electron chi connectivity index (χ3n) is 5.16. The maximum absolute atomic E-state index is 12.7. The van der Waals surface area contributed by atoms with Crippen LogP contribution in [0.2, 0.25) is 5.02 Å². The molecule has 2 aromatic heterocycles. The molecule has 0 radical (unpaired) electrons. The highest BCUT2D eigenvalue weighted by Gasteiger charge is 2.26. The van der Waals surface area contributed by atoms with Gasteiger partial charge in [-0.2, -0.15) is 4.52 Å². The van der Waals surface area contributed by atoms with Crippen molar-refractivity contribution in [2.45, 2.75) is 32.2 Å². The van der Waals surface area contributed by atoms with Crippen LogP contribution in [0.25, 0.3) is 5.65 Å². The summed E-state index contributed by atoms with van der Waals surface area (Å²) >= 11 is 6.04. The molecule has 1 saturated heterocycles. The number of hydrogen-bond acceptors (Lipinski definition) is 5. The monoisotopic (exact) mass is 398 g/mol. The molecule has 1 aliphatic heterocycles. The normalized spacial score (nSPS) is 16.3. The molecule has 3 heterocycles. The van der Waals surface area contributed by atoms with Crippen LogP contribution < -0.4 is 10.2 Å². The number of benzene rings is 1. The lowest BCUT2D eigenvalue weighted by molar-refractivity contribution is -0.126. The molecule has 1 aromatic carbocycles. The van der Waals surface area contributed by atoms with Crippen molar-refractivity contribution >= 4 is 29.0 Å². The molecule has 0 aliphatic carbocycles. The van der Waals surface area contributed by atoms with Crippen LogP contribution in [-0.2, 0) is 11.2 Å². The third kappa shape index (κ3) is 4.25. The Morgan fingerprint density at radius 2 is 2.11 bits per heavy atom. The molecule has 1 N–H and O–H groups in total. The van der Waals surface area contributed by atoms with E-state index in [1.807, 2.05) is 43.3 Å². The van der Waals surface area contributed by atoms with E-state index >= 15 is 0 Å². The van der Waals surface area contributed by atoms with Crippen molar-refractivity contribution in [3.8, 4) is 0 Å². The van der Waals surface area contributed by atoms with Crippen molar-refractivity contribution in [2.75, 3.05) is 18.0 Å². The average Bonchev–Trinajstić information content (AvgIpc) is 3.16. The van der Waals surface area contributed by atoms with Crippen LogP contribution in [0.4, 0.5) is 5.82 Å². The Morgan fingerprint density at radius 3 is 2.89 bits per heavy atom. The molecule has 0 unspecified atom stereocenters. The number of carbonyl (C=O) groups excluding carboxylic acids is 1. The predicted molar refractivity (Wildman–Crippen MR) is 108 cm³/mol. The van der Waals surface area contributed by atoms with Crippen LogP contribution in [0.3, 0.4) is 0 Å². The van der Waals surface area contributed by atoms with Crippen LogP contribution in [0.1, 0.15) is 25.3 Å². The number of aromatic nitrogens is 4. The minimum Gasteiger partial charge on any atom is -0.355 e. The Kier molecular flexibility index (Phi) is 5.43. The van der Waals surface area contributed by atoms with E-state index in [1.54, 1.807) is 10.8 Å². The molecular weight excluding hydrogens is 376 g/mol. The van der Waals surface area contributed by atoms with Crippen molar-refractivity contribution in [1.29, 1.82) is 0 Å². The number of halogens is 1. The van der Waals surface area contributed by atoms with Crippen molar-refractivity contribution in [2.24, 2.45) is 5.92 Å². The van der Waals surface area contributed by atoms with E-state index in [9.17, 15) is 4.79 Å². The van der Waals surface area contributed by atoms with Gasteiger partial charge in [0, 0.05) is 30.1 Å². The van der Waals surface area contributed by atoms with Crippen LogP contribution in [-0.4, -0.2) is 44.8 Å². The molecule has 28 heavy (non-hydrogen) atoms. The van der Waals surface area contributed by atoms with Crippen LogP contribution in [0.15, 0.2) is 42.7 Å². The molecule has 7 nitrogen and oxygen atoms in total. The number of rotatable bonds is 5. The van der Waals surface area contributed by atoms with Gasteiger partial charge in [-0.25, -0.2) is 0 Å². The molecule has 3 aromatic rings. The first-order chi connectivity index (χ1) is 13.6. The zero-order valence-electron chi connectivity index (χ0n) is 15.8. The molecule has 1 aliphatic rings. The van der Waals surface area contributed by atoms with Crippen molar-refractivity contribution in [3.05, 3.63) is 53.3 Å². The van der Waals surface area contributed by atoms with E-state index in [0.29, 0.717) is 0 Å². The maximum Gasteiger partial charge on any atom is 0.223 e. The van der Waals surface area contributed by atoms with Gasteiger partial charge < -0.3 is 10.2 Å². The Morgan fingerprint density at radius 1 is 1.29 bits per heavy atom. The summed E-state index contributed by atoms with van der Waals surface area (Å²) < 4.78 is 1.67. The molecule has 0 saturated carbocycles. The number of nitrogens with one attached hydrogen (secondary N) is 1. The summed E-state index contributed by atoms with van der Waals surface area (Å²) in [5.41, 5.74) is 1.86. The molecule has 0 spiro atoms. The van der Waals surface area contributed by atoms with Crippen LogP contribution >= 0.6 is 11.6 Å². The topological polar surface area (TPSA) is 75.4 Å². The molecular formula is C20H23ClN6O. The summed E-state index contributed by atoms with van der Waals surface area (Å²) in [6, 6.07) is 11.7. The van der Waals surface area contributed by atoms with Crippen LogP contribution in [0, 0.1) is 5.92 Å². The first-order valence-electron chi connectivity index (χ1n) is 9.55. The number of piperidine rings is 1. The van der Waals surface area contributed by atoms with E-state index in [2.05, 4.69) is 25.5 Å². The average molecular weight is 399 g/mol. The SMILES string of the molecule is C[C@H](Cc1cccc(Cl)c1)NC(=O)C1CCN(c2ccc3nncn3n2)CC1. The van der Waals surface area contributed by atoms with E-state index in [1.165, 1.54) is 0 Å². The van der Waals surface area contributed by atoms with Gasteiger partial charge in [-0.1, -0.05) is 23.7 Å². The van der Waals surface area contributed by atoms with Gasteiger partial charge in [0.25, 0.3) is 0 Å². The first kappa shape index (κ1) is 18.7. The van der Waals surface area contributed by atoms with Gasteiger partial charge in [0.05, 0.1) is 0 Å². The van der Waals surface area contributed by atoms with Gasteiger partial charge >= 0.3 is 0 Å². The lowest BCUT2D eigenvalue weighted by Crippen LogP contribution is -2.44. The van der Waals surface area contributed by atoms with Crippen molar-refractivity contribution in [1.82, 2.24) is 25.1 Å². The van der Waals surface area contributed by atoms with E-state index in [0.717, 1.165) is 54.4 Å². The van der Waals surface area contributed by atoms with E-state index in [4.69, 9.17) is 11.6 Å². The number of amides is 1. The summed E-state index contributed by atoms with van der Waals surface area (Å²) in [5.74, 6) is 1.06. The summed E-state index contributed by atoms with van der Waals surface area (Å²) in [4.78, 5) is 14.9.